The van der Waals surface area contributed by atoms with Crippen LogP contribution in [0.25, 0.3) is 0 Å². The Balaban J connectivity index is 2.05. The van der Waals surface area contributed by atoms with Crippen molar-refractivity contribution < 1.29 is 14.5 Å². The first-order valence-electron chi connectivity index (χ1n) is 7.74. The number of esters is 1. The highest BCUT2D eigenvalue weighted by Crippen LogP contribution is 2.41. The van der Waals surface area contributed by atoms with Crippen molar-refractivity contribution in [2.45, 2.75) is 25.8 Å². The van der Waals surface area contributed by atoms with E-state index in [1.165, 1.54) is 12.3 Å². The van der Waals surface area contributed by atoms with Crippen molar-refractivity contribution >= 4 is 28.8 Å². The number of anilines is 1. The number of hydrogen-bond donors (Lipinski definition) is 0. The van der Waals surface area contributed by atoms with Crippen LogP contribution in [0.2, 0.25) is 0 Å². The molecule has 3 rings (SSSR count). The largest absolute Gasteiger partial charge is 0.462 e. The lowest BCUT2D eigenvalue weighted by atomic mass is 10.1. The molecule has 7 nitrogen and oxygen atoms in total. The molecule has 1 atom stereocenters. The fourth-order valence-electron chi connectivity index (χ4n) is 3.00. The van der Waals surface area contributed by atoms with Crippen LogP contribution in [0.15, 0.2) is 29.8 Å². The molecular formula is C16H17N3O4S. The second kappa shape index (κ2) is 6.96. The quantitative estimate of drug-likeness (QED) is 0.467. The zero-order valence-electron chi connectivity index (χ0n) is 13.2. The Morgan fingerprint density at radius 2 is 2.38 bits per heavy atom. The molecule has 1 unspecified atom stereocenters. The summed E-state index contributed by atoms with van der Waals surface area (Å²) in [7, 11) is 0. The molecule has 0 aliphatic carbocycles. The smallest absolute Gasteiger partial charge is 0.345 e. The summed E-state index contributed by atoms with van der Waals surface area (Å²) in [5.41, 5.74) is -0.330. The third kappa shape index (κ3) is 2.96. The first-order chi connectivity index (χ1) is 11.6. The monoisotopic (exact) mass is 347 g/mol. The van der Waals surface area contributed by atoms with Crippen LogP contribution >= 0.6 is 11.3 Å². The van der Waals surface area contributed by atoms with Gasteiger partial charge in [0, 0.05) is 17.6 Å². The Hall–Kier alpha value is -2.48. The number of rotatable bonds is 5. The summed E-state index contributed by atoms with van der Waals surface area (Å²) in [5, 5.41) is 13.6. The number of hydrogen-bond acceptors (Lipinski definition) is 7. The fraction of sp³-hybridized carbons (Fsp3) is 0.375. The second-order valence-electron chi connectivity index (χ2n) is 5.38. The van der Waals surface area contributed by atoms with E-state index in [0.29, 0.717) is 6.54 Å². The summed E-state index contributed by atoms with van der Waals surface area (Å²) >= 11 is 1.62. The van der Waals surface area contributed by atoms with Gasteiger partial charge < -0.3 is 9.64 Å². The van der Waals surface area contributed by atoms with Gasteiger partial charge in [-0.3, -0.25) is 10.1 Å². The maximum atomic E-state index is 12.1. The molecular weight excluding hydrogens is 330 g/mol. The predicted octanol–water partition coefficient (Wildman–Crippen LogP) is 3.57. The topological polar surface area (TPSA) is 85.6 Å². The van der Waals surface area contributed by atoms with E-state index in [9.17, 15) is 14.9 Å². The minimum Gasteiger partial charge on any atom is -0.462 e. The third-order valence-electron chi connectivity index (χ3n) is 3.98. The number of nitro groups is 1. The van der Waals surface area contributed by atoms with Gasteiger partial charge in [-0.1, -0.05) is 6.07 Å². The Bertz CT molecular complexity index is 748. The maximum absolute atomic E-state index is 12.1. The average Bonchev–Trinajstić information content (AvgIpc) is 3.25. The molecule has 1 fully saturated rings. The summed E-state index contributed by atoms with van der Waals surface area (Å²) in [6, 6.07) is 5.38. The number of thiophene rings is 1. The molecule has 0 N–H and O–H groups in total. The summed E-state index contributed by atoms with van der Waals surface area (Å²) in [6.45, 7) is 2.50. The number of carbonyl (C=O) groups is 1. The van der Waals surface area contributed by atoms with Crippen molar-refractivity contribution in [3.05, 3.63) is 50.3 Å². The first kappa shape index (κ1) is 16.4. The molecule has 2 aromatic heterocycles. The van der Waals surface area contributed by atoms with Crippen LogP contribution in [0.4, 0.5) is 11.5 Å². The van der Waals surface area contributed by atoms with Crippen molar-refractivity contribution in [3.8, 4) is 0 Å². The molecule has 126 valence electrons. The van der Waals surface area contributed by atoms with Gasteiger partial charge in [-0.15, -0.1) is 11.3 Å². The van der Waals surface area contributed by atoms with E-state index in [-0.39, 0.29) is 29.7 Å². The van der Waals surface area contributed by atoms with E-state index in [1.807, 2.05) is 22.4 Å². The Morgan fingerprint density at radius 3 is 3.04 bits per heavy atom. The lowest BCUT2D eigenvalue weighted by molar-refractivity contribution is -0.384. The number of pyridine rings is 1. The number of ether oxygens (including phenoxy) is 1. The Morgan fingerprint density at radius 1 is 1.54 bits per heavy atom. The molecule has 1 aliphatic rings. The zero-order valence-corrected chi connectivity index (χ0v) is 14.0. The fourth-order valence-corrected chi connectivity index (χ4v) is 3.88. The van der Waals surface area contributed by atoms with E-state index in [0.717, 1.165) is 17.7 Å². The van der Waals surface area contributed by atoms with Crippen LogP contribution in [0.1, 0.15) is 41.0 Å². The predicted molar refractivity (Wildman–Crippen MR) is 90.5 cm³/mol. The van der Waals surface area contributed by atoms with E-state index in [4.69, 9.17) is 4.74 Å². The molecule has 1 saturated heterocycles. The van der Waals surface area contributed by atoms with Gasteiger partial charge in [0.15, 0.2) is 0 Å². The Labute approximate surface area is 143 Å². The summed E-state index contributed by atoms with van der Waals surface area (Å²) in [4.78, 5) is 30.5. The maximum Gasteiger partial charge on any atom is 0.345 e. The van der Waals surface area contributed by atoms with Gasteiger partial charge in [0.25, 0.3) is 0 Å². The zero-order chi connectivity index (χ0) is 17.1. The normalized spacial score (nSPS) is 17.0. The van der Waals surface area contributed by atoms with Gasteiger partial charge in [-0.2, -0.15) is 0 Å². The van der Waals surface area contributed by atoms with Crippen molar-refractivity contribution in [3.63, 3.8) is 0 Å². The van der Waals surface area contributed by atoms with E-state index >= 15 is 0 Å². The second-order valence-corrected chi connectivity index (χ2v) is 6.35. The Kier molecular flexibility index (Phi) is 4.75. The van der Waals surface area contributed by atoms with Gasteiger partial charge in [0.05, 0.1) is 17.6 Å². The van der Waals surface area contributed by atoms with Crippen LogP contribution in [0, 0.1) is 10.1 Å². The molecule has 0 bridgehead atoms. The molecule has 0 radical (unpaired) electrons. The highest BCUT2D eigenvalue weighted by molar-refractivity contribution is 7.10. The van der Waals surface area contributed by atoms with Crippen LogP contribution in [0.3, 0.4) is 0 Å². The standard InChI is InChI=1S/C16H17N3O4S/c1-2-23-16(20)11-7-8-17-15(14(11)19(21)22)18-9-3-5-12(18)13-6-4-10-24-13/h4,6-8,10,12H,2-3,5,9H2,1H3. The van der Waals surface area contributed by atoms with Crippen molar-refractivity contribution in [2.24, 2.45) is 0 Å². The molecule has 0 amide bonds. The minimum atomic E-state index is -0.695. The van der Waals surface area contributed by atoms with E-state index in [1.54, 1.807) is 18.3 Å². The van der Waals surface area contributed by atoms with Gasteiger partial charge in [0.2, 0.25) is 5.82 Å². The van der Waals surface area contributed by atoms with E-state index < -0.39 is 10.9 Å². The molecule has 0 spiro atoms. The van der Waals surface area contributed by atoms with Crippen molar-refractivity contribution in [1.29, 1.82) is 0 Å². The highest BCUT2D eigenvalue weighted by atomic mass is 32.1. The van der Waals surface area contributed by atoms with Gasteiger partial charge in [0.1, 0.15) is 5.56 Å². The highest BCUT2D eigenvalue weighted by Gasteiger charge is 2.35. The molecule has 3 heterocycles. The number of carbonyl (C=O) groups excluding carboxylic acids is 1. The molecule has 0 saturated carbocycles. The van der Waals surface area contributed by atoms with Gasteiger partial charge in [-0.25, -0.2) is 9.78 Å². The van der Waals surface area contributed by atoms with Crippen molar-refractivity contribution in [1.82, 2.24) is 4.98 Å². The third-order valence-corrected chi connectivity index (χ3v) is 4.95. The minimum absolute atomic E-state index is 0.0497. The first-order valence-corrected chi connectivity index (χ1v) is 8.62. The van der Waals surface area contributed by atoms with Crippen LogP contribution < -0.4 is 4.90 Å². The summed E-state index contributed by atoms with van der Waals surface area (Å²) in [6.07, 6.45) is 3.26. The molecule has 0 aromatic carbocycles. The summed E-state index contributed by atoms with van der Waals surface area (Å²) < 4.78 is 4.95. The lowest BCUT2D eigenvalue weighted by Gasteiger charge is -2.24. The molecule has 1 aliphatic heterocycles. The van der Waals surface area contributed by atoms with E-state index in [2.05, 4.69) is 4.98 Å². The molecule has 8 heteroatoms. The SMILES string of the molecule is CCOC(=O)c1ccnc(N2CCCC2c2cccs2)c1[N+](=O)[O-]. The number of nitrogens with zero attached hydrogens (tertiary/aromatic N) is 3. The molecule has 2 aromatic rings. The van der Waals surface area contributed by atoms with Crippen LogP contribution in [-0.4, -0.2) is 29.0 Å². The molecule has 24 heavy (non-hydrogen) atoms. The van der Waals surface area contributed by atoms with Gasteiger partial charge in [-0.05, 0) is 37.3 Å². The van der Waals surface area contributed by atoms with Crippen molar-refractivity contribution in [2.75, 3.05) is 18.1 Å². The van der Waals surface area contributed by atoms with Crippen LogP contribution in [-0.2, 0) is 4.74 Å². The number of aromatic nitrogens is 1. The van der Waals surface area contributed by atoms with Crippen LogP contribution in [0.5, 0.6) is 0 Å². The lowest BCUT2D eigenvalue weighted by Crippen LogP contribution is -2.25. The van der Waals surface area contributed by atoms with Gasteiger partial charge >= 0.3 is 11.7 Å². The summed E-state index contributed by atoms with van der Waals surface area (Å²) in [5.74, 6) is -0.457. The average molecular weight is 347 g/mol.